The number of esters is 1. The zero-order chi connectivity index (χ0) is 17.5. The van der Waals surface area contributed by atoms with Crippen LogP contribution >= 0.6 is 0 Å². The van der Waals surface area contributed by atoms with E-state index in [4.69, 9.17) is 9.47 Å². The number of fused-ring (bicyclic) bond motifs is 4. The van der Waals surface area contributed by atoms with Crippen LogP contribution in [0.4, 0.5) is 0 Å². The summed E-state index contributed by atoms with van der Waals surface area (Å²) in [7, 11) is 0. The van der Waals surface area contributed by atoms with Crippen molar-refractivity contribution in [3.63, 3.8) is 0 Å². The predicted molar refractivity (Wildman–Crippen MR) is 92.4 cm³/mol. The molecular weight excluding hydrogens is 304 g/mol. The Morgan fingerprint density at radius 3 is 2.88 bits per heavy atom. The van der Waals surface area contributed by atoms with Crippen molar-refractivity contribution in [2.75, 3.05) is 0 Å². The van der Waals surface area contributed by atoms with Gasteiger partial charge in [-0.15, -0.1) is 0 Å². The molecule has 24 heavy (non-hydrogen) atoms. The van der Waals surface area contributed by atoms with Gasteiger partial charge in [0.2, 0.25) is 0 Å². The Morgan fingerprint density at radius 1 is 1.38 bits per heavy atom. The molecule has 1 N–H and O–H groups in total. The van der Waals surface area contributed by atoms with Gasteiger partial charge in [-0.25, -0.2) is 4.79 Å². The predicted octanol–water partition coefficient (Wildman–Crippen LogP) is 3.54. The van der Waals surface area contributed by atoms with Gasteiger partial charge >= 0.3 is 5.97 Å². The number of allylic oxidation sites excluding steroid dienone is 2. The van der Waals surface area contributed by atoms with E-state index in [2.05, 4.69) is 26.5 Å². The summed E-state index contributed by atoms with van der Waals surface area (Å²) in [6, 6.07) is 0. The number of aliphatic hydroxyl groups excluding tert-OH is 1. The third-order valence-corrected chi connectivity index (χ3v) is 6.19. The van der Waals surface area contributed by atoms with Crippen molar-refractivity contribution in [3.8, 4) is 0 Å². The Kier molecular flexibility index (Phi) is 4.89. The molecule has 4 heteroatoms. The number of carbonyl (C=O) groups excluding carboxylic acids is 1. The molecule has 2 bridgehead atoms. The second kappa shape index (κ2) is 6.64. The summed E-state index contributed by atoms with van der Waals surface area (Å²) in [4.78, 5) is 12.0. The quantitative estimate of drug-likeness (QED) is 0.418. The lowest BCUT2D eigenvalue weighted by Gasteiger charge is -2.38. The van der Waals surface area contributed by atoms with Crippen LogP contribution in [-0.2, 0) is 14.3 Å². The summed E-state index contributed by atoms with van der Waals surface area (Å²) in [6.07, 6.45) is 6.54. The van der Waals surface area contributed by atoms with Gasteiger partial charge in [-0.1, -0.05) is 25.2 Å². The van der Waals surface area contributed by atoms with Crippen LogP contribution in [0.2, 0.25) is 0 Å². The molecule has 0 aromatic carbocycles. The van der Waals surface area contributed by atoms with E-state index in [1.807, 2.05) is 6.92 Å². The molecule has 0 aromatic heterocycles. The standard InChI is InChI=1S/C20H30O4/c1-12-7-5-9-13(2)17-18-15(14(3)19(22)23-18)11-16(21)20(4,24-17)10-6-8-12/h8,13,15-18,21H,3,5-7,9-11H2,1-2,4H3. The van der Waals surface area contributed by atoms with E-state index >= 15 is 0 Å². The first-order valence-corrected chi connectivity index (χ1v) is 9.23. The van der Waals surface area contributed by atoms with E-state index in [-0.39, 0.29) is 30.0 Å². The van der Waals surface area contributed by atoms with Crippen molar-refractivity contribution in [2.45, 2.75) is 83.2 Å². The van der Waals surface area contributed by atoms with Gasteiger partial charge in [0.15, 0.2) is 0 Å². The maximum Gasteiger partial charge on any atom is 0.334 e. The van der Waals surface area contributed by atoms with Crippen molar-refractivity contribution in [3.05, 3.63) is 23.8 Å². The molecule has 0 amide bonds. The highest BCUT2D eigenvalue weighted by Crippen LogP contribution is 2.44. The first kappa shape index (κ1) is 17.7. The molecule has 0 aromatic rings. The van der Waals surface area contributed by atoms with Crippen LogP contribution in [0.25, 0.3) is 0 Å². The normalized spacial score (nSPS) is 44.0. The fourth-order valence-corrected chi connectivity index (χ4v) is 4.39. The monoisotopic (exact) mass is 334 g/mol. The number of rotatable bonds is 0. The van der Waals surface area contributed by atoms with Crippen LogP contribution in [0.1, 0.15) is 59.3 Å². The Bertz CT molecular complexity index is 552. The summed E-state index contributed by atoms with van der Waals surface area (Å²) in [6.45, 7) is 10.3. The Morgan fingerprint density at radius 2 is 2.12 bits per heavy atom. The van der Waals surface area contributed by atoms with Crippen LogP contribution in [0.15, 0.2) is 23.8 Å². The van der Waals surface area contributed by atoms with Crippen molar-refractivity contribution in [1.29, 1.82) is 0 Å². The van der Waals surface area contributed by atoms with Gasteiger partial charge in [0.25, 0.3) is 0 Å². The zero-order valence-electron chi connectivity index (χ0n) is 15.1. The minimum Gasteiger partial charge on any atom is -0.456 e. The number of ether oxygens (including phenoxy) is 2. The minimum atomic E-state index is -0.622. The van der Waals surface area contributed by atoms with Crippen LogP contribution in [0.3, 0.4) is 0 Å². The maximum atomic E-state index is 12.0. The second-order valence-electron chi connectivity index (χ2n) is 8.11. The molecule has 4 nitrogen and oxygen atoms in total. The summed E-state index contributed by atoms with van der Waals surface area (Å²) < 4.78 is 12.1. The summed E-state index contributed by atoms with van der Waals surface area (Å²) in [5.74, 6) is -0.197. The summed E-state index contributed by atoms with van der Waals surface area (Å²) >= 11 is 0. The minimum absolute atomic E-state index is 0.137. The van der Waals surface area contributed by atoms with E-state index in [1.165, 1.54) is 5.57 Å². The van der Waals surface area contributed by atoms with Crippen LogP contribution in [-0.4, -0.2) is 35.0 Å². The molecule has 134 valence electrons. The Balaban J connectivity index is 1.95. The van der Waals surface area contributed by atoms with Crippen molar-refractivity contribution >= 4 is 5.97 Å². The molecule has 6 atom stereocenters. The molecule has 0 radical (unpaired) electrons. The van der Waals surface area contributed by atoms with E-state index in [1.54, 1.807) is 0 Å². The van der Waals surface area contributed by atoms with Gasteiger partial charge in [0, 0.05) is 11.5 Å². The van der Waals surface area contributed by atoms with E-state index in [0.717, 1.165) is 32.1 Å². The highest BCUT2D eigenvalue weighted by molar-refractivity contribution is 5.90. The first-order chi connectivity index (χ1) is 11.3. The first-order valence-electron chi connectivity index (χ1n) is 9.23. The molecule has 6 unspecified atom stereocenters. The second-order valence-corrected chi connectivity index (χ2v) is 8.11. The van der Waals surface area contributed by atoms with Crippen LogP contribution in [0, 0.1) is 11.8 Å². The molecule has 2 saturated heterocycles. The fraction of sp³-hybridized carbons (Fsp3) is 0.750. The Hall–Kier alpha value is -1.13. The topological polar surface area (TPSA) is 55.8 Å². The molecule has 0 spiro atoms. The largest absolute Gasteiger partial charge is 0.456 e. The molecule has 0 aliphatic carbocycles. The third-order valence-electron chi connectivity index (χ3n) is 6.19. The number of hydrogen-bond donors (Lipinski definition) is 1. The smallest absolute Gasteiger partial charge is 0.334 e. The molecule has 3 aliphatic rings. The lowest BCUT2D eigenvalue weighted by molar-refractivity contribution is -0.182. The van der Waals surface area contributed by atoms with E-state index in [0.29, 0.717) is 12.0 Å². The summed E-state index contributed by atoms with van der Waals surface area (Å²) in [5.41, 5.74) is 1.29. The van der Waals surface area contributed by atoms with Crippen molar-refractivity contribution in [1.82, 2.24) is 0 Å². The zero-order valence-corrected chi connectivity index (χ0v) is 15.1. The SMILES string of the molecule is C=C1C(=O)OC2C1CC(O)C1(C)CCC=C(C)CCCC(C)C2O1. The van der Waals surface area contributed by atoms with Crippen LogP contribution in [0.5, 0.6) is 0 Å². The van der Waals surface area contributed by atoms with Crippen molar-refractivity contribution < 1.29 is 19.4 Å². The molecule has 3 aliphatic heterocycles. The van der Waals surface area contributed by atoms with E-state index in [9.17, 15) is 9.90 Å². The average Bonchev–Trinajstić information content (AvgIpc) is 2.72. The lowest BCUT2D eigenvalue weighted by atomic mass is 9.82. The molecule has 3 rings (SSSR count). The van der Waals surface area contributed by atoms with Gasteiger partial charge in [-0.2, -0.15) is 0 Å². The van der Waals surface area contributed by atoms with E-state index < -0.39 is 11.7 Å². The summed E-state index contributed by atoms with van der Waals surface area (Å²) in [5, 5.41) is 10.9. The third kappa shape index (κ3) is 3.18. The molecule has 2 fully saturated rings. The van der Waals surface area contributed by atoms with Crippen LogP contribution < -0.4 is 0 Å². The maximum absolute atomic E-state index is 12.0. The van der Waals surface area contributed by atoms with Gasteiger partial charge < -0.3 is 14.6 Å². The Labute approximate surface area is 144 Å². The molecule has 0 saturated carbocycles. The number of aliphatic hydroxyl groups is 1. The highest BCUT2D eigenvalue weighted by atomic mass is 16.6. The van der Waals surface area contributed by atoms with Gasteiger partial charge in [-0.05, 0) is 58.3 Å². The fourth-order valence-electron chi connectivity index (χ4n) is 4.39. The number of carbonyl (C=O) groups is 1. The molecular formula is C20H30O4. The van der Waals surface area contributed by atoms with Crippen molar-refractivity contribution in [2.24, 2.45) is 11.8 Å². The lowest BCUT2D eigenvalue weighted by Crippen LogP contribution is -2.46. The van der Waals surface area contributed by atoms with Gasteiger partial charge in [-0.3, -0.25) is 0 Å². The highest BCUT2D eigenvalue weighted by Gasteiger charge is 2.53. The van der Waals surface area contributed by atoms with Gasteiger partial charge in [0.05, 0.1) is 17.8 Å². The molecule has 3 heterocycles. The average molecular weight is 334 g/mol. The van der Waals surface area contributed by atoms with Gasteiger partial charge in [0.1, 0.15) is 6.10 Å². The number of hydrogen-bond acceptors (Lipinski definition) is 4.